The van der Waals surface area contributed by atoms with Gasteiger partial charge in [0, 0.05) is 30.2 Å². The summed E-state index contributed by atoms with van der Waals surface area (Å²) in [6.07, 6.45) is 1.22. The van der Waals surface area contributed by atoms with Crippen molar-refractivity contribution in [2.24, 2.45) is 0 Å². The molecule has 0 saturated carbocycles. The molecule has 1 atom stereocenters. The van der Waals surface area contributed by atoms with Gasteiger partial charge in [-0.15, -0.1) is 11.3 Å². The predicted octanol–water partition coefficient (Wildman–Crippen LogP) is 3.73. The number of aromatic nitrogens is 2. The number of nitrogens with zero attached hydrogens (tertiary/aromatic N) is 2. The molecule has 1 fully saturated rings. The largest absolute Gasteiger partial charge is 0.353 e. The summed E-state index contributed by atoms with van der Waals surface area (Å²) in [5.41, 5.74) is 1.88. The zero-order valence-corrected chi connectivity index (χ0v) is 15.7. The molecule has 1 saturated heterocycles. The highest BCUT2D eigenvalue weighted by atomic mass is 35.5. The van der Waals surface area contributed by atoms with E-state index >= 15 is 0 Å². The Kier molecular flexibility index (Phi) is 4.95. The number of aromatic amines is 1. The molecule has 26 heavy (non-hydrogen) atoms. The minimum Gasteiger partial charge on any atom is -0.353 e. The number of halogens is 1. The summed E-state index contributed by atoms with van der Waals surface area (Å²) >= 11 is 7.82. The highest BCUT2D eigenvalue weighted by Gasteiger charge is 2.25. The Bertz CT molecular complexity index is 893. The molecule has 0 radical (unpaired) electrons. The van der Waals surface area contributed by atoms with Crippen molar-refractivity contribution in [3.63, 3.8) is 0 Å². The lowest BCUT2D eigenvalue weighted by atomic mass is 10.1. The zero-order chi connectivity index (χ0) is 17.9. The highest BCUT2D eigenvalue weighted by Crippen LogP contribution is 2.27. The molecule has 7 heteroatoms. The number of carbonyl (C=O) groups is 1. The maximum absolute atomic E-state index is 12.3. The second-order valence-corrected chi connectivity index (χ2v) is 7.74. The number of nitrogens with one attached hydrogen (secondary N) is 2. The summed E-state index contributed by atoms with van der Waals surface area (Å²) in [7, 11) is 0. The molecule has 0 unspecified atom stereocenters. The fraction of sp³-hybridized carbons (Fsp3) is 0.263. The van der Waals surface area contributed by atoms with Crippen LogP contribution in [0.5, 0.6) is 0 Å². The third-order valence-corrected chi connectivity index (χ3v) is 5.81. The van der Waals surface area contributed by atoms with Gasteiger partial charge in [0.15, 0.2) is 5.82 Å². The summed E-state index contributed by atoms with van der Waals surface area (Å²) in [5, 5.41) is 13.3. The van der Waals surface area contributed by atoms with Crippen molar-refractivity contribution in [1.29, 1.82) is 0 Å². The second kappa shape index (κ2) is 7.51. The van der Waals surface area contributed by atoms with Crippen LogP contribution in [0.2, 0.25) is 5.02 Å². The summed E-state index contributed by atoms with van der Waals surface area (Å²) in [6, 6.07) is 13.8. The van der Waals surface area contributed by atoms with Gasteiger partial charge in [0.2, 0.25) is 5.91 Å². The maximum atomic E-state index is 12.3. The van der Waals surface area contributed by atoms with Crippen LogP contribution in [0.1, 0.15) is 12.0 Å². The van der Waals surface area contributed by atoms with Crippen molar-refractivity contribution in [3.05, 3.63) is 58.4 Å². The molecule has 0 aliphatic carbocycles. The van der Waals surface area contributed by atoms with Crippen molar-refractivity contribution in [3.8, 4) is 10.6 Å². The first-order valence-corrected chi connectivity index (χ1v) is 9.82. The Balaban J connectivity index is 1.34. The maximum Gasteiger partial charge on any atom is 0.224 e. The van der Waals surface area contributed by atoms with Crippen LogP contribution in [0.3, 0.4) is 0 Å². The molecule has 1 aliphatic heterocycles. The third kappa shape index (κ3) is 3.76. The topological polar surface area (TPSA) is 61.0 Å². The predicted molar refractivity (Wildman–Crippen MR) is 106 cm³/mol. The molecule has 1 aromatic carbocycles. The smallest absolute Gasteiger partial charge is 0.224 e. The first kappa shape index (κ1) is 17.1. The van der Waals surface area contributed by atoms with Gasteiger partial charge in [-0.1, -0.05) is 35.9 Å². The molecule has 2 aromatic heterocycles. The minimum atomic E-state index is 0.00579. The van der Waals surface area contributed by atoms with Gasteiger partial charge in [-0.2, -0.15) is 5.10 Å². The number of carbonyl (C=O) groups excluding carboxylic acids is 1. The number of benzene rings is 1. The van der Waals surface area contributed by atoms with E-state index in [1.165, 1.54) is 4.88 Å². The summed E-state index contributed by atoms with van der Waals surface area (Å²) < 4.78 is 0. The molecule has 1 amide bonds. The second-order valence-electron chi connectivity index (χ2n) is 6.38. The lowest BCUT2D eigenvalue weighted by Crippen LogP contribution is -2.38. The van der Waals surface area contributed by atoms with Crippen molar-refractivity contribution in [2.45, 2.75) is 18.9 Å². The van der Waals surface area contributed by atoms with E-state index in [0.29, 0.717) is 11.4 Å². The highest BCUT2D eigenvalue weighted by molar-refractivity contribution is 7.13. The molecule has 4 rings (SSSR count). The fourth-order valence-corrected chi connectivity index (χ4v) is 4.11. The van der Waals surface area contributed by atoms with Crippen LogP contribution in [0.15, 0.2) is 47.8 Å². The van der Waals surface area contributed by atoms with Crippen LogP contribution in [-0.2, 0) is 11.2 Å². The summed E-state index contributed by atoms with van der Waals surface area (Å²) in [6.45, 7) is 1.65. The van der Waals surface area contributed by atoms with Crippen LogP contribution < -0.4 is 10.2 Å². The van der Waals surface area contributed by atoms with Crippen LogP contribution in [-0.4, -0.2) is 35.2 Å². The van der Waals surface area contributed by atoms with E-state index in [4.69, 9.17) is 11.6 Å². The van der Waals surface area contributed by atoms with Crippen LogP contribution in [0, 0.1) is 0 Å². The molecule has 3 heterocycles. The van der Waals surface area contributed by atoms with E-state index in [2.05, 4.69) is 37.9 Å². The minimum absolute atomic E-state index is 0.00579. The number of hydrogen-bond acceptors (Lipinski definition) is 4. The van der Waals surface area contributed by atoms with Gasteiger partial charge in [0.05, 0.1) is 17.0 Å². The summed E-state index contributed by atoms with van der Waals surface area (Å²) in [5.74, 6) is 0.933. The molecule has 1 aliphatic rings. The van der Waals surface area contributed by atoms with E-state index in [1.807, 2.05) is 30.3 Å². The van der Waals surface area contributed by atoms with Crippen LogP contribution >= 0.6 is 22.9 Å². The van der Waals surface area contributed by atoms with Gasteiger partial charge in [-0.05, 0) is 29.5 Å². The molecule has 0 bridgehead atoms. The molecule has 3 aromatic rings. The number of thiophene rings is 1. The van der Waals surface area contributed by atoms with Crippen molar-refractivity contribution in [1.82, 2.24) is 15.5 Å². The molecular weight excluding hydrogens is 368 g/mol. The van der Waals surface area contributed by atoms with Gasteiger partial charge >= 0.3 is 0 Å². The number of H-pyrrole nitrogens is 1. The SMILES string of the molecule is O=C(Cc1ccccc1Cl)N[C@H]1CCN(c2cc(-c3cccs3)[nH]n2)C1. The standard InChI is InChI=1S/C19H19ClN4OS/c20-15-5-2-1-4-13(15)10-19(25)21-14-7-8-24(12-14)18-11-16(22-23-18)17-6-3-9-26-17/h1-6,9,11,14H,7-8,10,12H2,(H,21,25)(H,22,23)/t14-/m0/s1. The van der Waals surface area contributed by atoms with Crippen molar-refractivity contribution >= 4 is 34.7 Å². The van der Waals surface area contributed by atoms with Gasteiger partial charge < -0.3 is 10.2 Å². The van der Waals surface area contributed by atoms with Crippen molar-refractivity contribution < 1.29 is 4.79 Å². The van der Waals surface area contributed by atoms with Crippen molar-refractivity contribution in [2.75, 3.05) is 18.0 Å². The number of anilines is 1. The molecule has 5 nitrogen and oxygen atoms in total. The average molecular weight is 387 g/mol. The third-order valence-electron chi connectivity index (χ3n) is 4.54. The molecular formula is C19H19ClN4OS. The quantitative estimate of drug-likeness (QED) is 0.702. The van der Waals surface area contributed by atoms with Gasteiger partial charge in [0.25, 0.3) is 0 Å². The van der Waals surface area contributed by atoms with E-state index in [0.717, 1.165) is 36.6 Å². The number of hydrogen-bond donors (Lipinski definition) is 2. The lowest BCUT2D eigenvalue weighted by molar-refractivity contribution is -0.121. The Morgan fingerprint density at radius 3 is 3.04 bits per heavy atom. The average Bonchev–Trinajstić information content (AvgIpc) is 3.37. The van der Waals surface area contributed by atoms with E-state index in [-0.39, 0.29) is 11.9 Å². The van der Waals surface area contributed by atoms with Gasteiger partial charge in [0.1, 0.15) is 0 Å². The normalized spacial score (nSPS) is 16.8. The zero-order valence-electron chi connectivity index (χ0n) is 14.1. The van der Waals surface area contributed by atoms with Crippen LogP contribution in [0.4, 0.5) is 5.82 Å². The number of amides is 1. The molecule has 134 valence electrons. The Hall–Kier alpha value is -2.31. The molecule has 0 spiro atoms. The first-order chi connectivity index (χ1) is 12.7. The Labute approximate surface area is 161 Å². The summed E-state index contributed by atoms with van der Waals surface area (Å²) in [4.78, 5) is 15.7. The van der Waals surface area contributed by atoms with E-state index < -0.39 is 0 Å². The molecule has 2 N–H and O–H groups in total. The number of rotatable bonds is 5. The van der Waals surface area contributed by atoms with Gasteiger partial charge in [-0.3, -0.25) is 9.89 Å². The Morgan fingerprint density at radius 2 is 2.23 bits per heavy atom. The Morgan fingerprint density at radius 1 is 1.35 bits per heavy atom. The van der Waals surface area contributed by atoms with Gasteiger partial charge in [-0.25, -0.2) is 0 Å². The van der Waals surface area contributed by atoms with Crippen LogP contribution in [0.25, 0.3) is 10.6 Å². The van der Waals surface area contributed by atoms with E-state index in [9.17, 15) is 4.79 Å². The monoisotopic (exact) mass is 386 g/mol. The lowest BCUT2D eigenvalue weighted by Gasteiger charge is -2.16. The first-order valence-electron chi connectivity index (χ1n) is 8.56. The fourth-order valence-electron chi connectivity index (χ4n) is 3.21. The van der Waals surface area contributed by atoms with E-state index in [1.54, 1.807) is 11.3 Å².